The third-order valence-corrected chi connectivity index (χ3v) is 1.41. The number of anilines is 2. The van der Waals surface area contributed by atoms with Crippen LogP contribution in [0.3, 0.4) is 0 Å². The lowest BCUT2D eigenvalue weighted by Crippen LogP contribution is -2.06. The van der Waals surface area contributed by atoms with Crippen LogP contribution in [0.15, 0.2) is 4.63 Å². The molecule has 5 nitrogen and oxygen atoms in total. The number of hydrogen-bond acceptors (Lipinski definition) is 5. The Morgan fingerprint density at radius 3 is 2.58 bits per heavy atom. The van der Waals surface area contributed by atoms with Gasteiger partial charge in [0.2, 0.25) is 11.6 Å². The van der Waals surface area contributed by atoms with Crippen molar-refractivity contribution < 1.29 is 4.63 Å². The van der Waals surface area contributed by atoms with Gasteiger partial charge < -0.3 is 10.6 Å². The Morgan fingerprint density at radius 1 is 1.33 bits per heavy atom. The molecule has 6 heteroatoms. The lowest BCUT2D eigenvalue weighted by molar-refractivity contribution is 0.310. The molecule has 0 amide bonds. The number of nitrogens with zero attached hydrogens (tertiary/aromatic N) is 2. The van der Waals surface area contributed by atoms with Gasteiger partial charge in [-0.05, 0) is 17.2 Å². The molecule has 12 heavy (non-hydrogen) atoms. The second-order valence-electron chi connectivity index (χ2n) is 2.11. The van der Waals surface area contributed by atoms with Crippen molar-refractivity contribution in [2.45, 2.75) is 6.92 Å². The molecule has 1 aromatic rings. The molecule has 1 rings (SSSR count). The molecule has 0 saturated carbocycles. The maximum Gasteiger partial charge on any atom is 0.215 e. The van der Waals surface area contributed by atoms with Crippen molar-refractivity contribution in [2.24, 2.45) is 0 Å². The molecule has 0 saturated heterocycles. The van der Waals surface area contributed by atoms with Crippen LogP contribution in [-0.4, -0.2) is 29.3 Å². The third kappa shape index (κ3) is 2.27. The molecule has 0 aliphatic heterocycles. The van der Waals surface area contributed by atoms with Crippen molar-refractivity contribution in [3.63, 3.8) is 0 Å². The largest absolute Gasteiger partial charge is 0.364 e. The summed E-state index contributed by atoms with van der Waals surface area (Å²) >= 11 is 5.49. The monoisotopic (exact) mass is 190 g/mol. The highest BCUT2D eigenvalue weighted by Crippen LogP contribution is 2.14. The van der Waals surface area contributed by atoms with Crippen molar-refractivity contribution >= 4 is 23.2 Å². The summed E-state index contributed by atoms with van der Waals surface area (Å²) in [6.07, 6.45) is 0. The van der Waals surface area contributed by atoms with E-state index in [2.05, 4.69) is 25.6 Å². The molecule has 0 aliphatic rings. The van der Waals surface area contributed by atoms with E-state index in [9.17, 15) is 0 Å². The number of hydrogen-bond donors (Lipinski definition) is 2. The molecule has 0 aliphatic carbocycles. The summed E-state index contributed by atoms with van der Waals surface area (Å²) in [6.45, 7) is 3.40. The fourth-order valence-electron chi connectivity index (χ4n) is 0.754. The summed E-state index contributed by atoms with van der Waals surface area (Å²) in [5.74, 6) is 1.76. The topological polar surface area (TPSA) is 63.0 Å². The van der Waals surface area contributed by atoms with Crippen LogP contribution in [0, 0.1) is 0 Å². The second kappa shape index (κ2) is 4.82. The minimum atomic E-state index is 0.526. The smallest absolute Gasteiger partial charge is 0.215 e. The summed E-state index contributed by atoms with van der Waals surface area (Å²) in [7, 11) is 0. The fourth-order valence-corrected chi connectivity index (χ4v) is 0.848. The van der Waals surface area contributed by atoms with E-state index in [1.807, 2.05) is 6.92 Å². The first kappa shape index (κ1) is 9.12. The Hall–Kier alpha value is -0.970. The van der Waals surface area contributed by atoms with Crippen LogP contribution in [0.2, 0.25) is 0 Å². The van der Waals surface area contributed by atoms with E-state index in [0.29, 0.717) is 24.1 Å². The van der Waals surface area contributed by atoms with Crippen LogP contribution in [-0.2, 0) is 0 Å². The molecule has 0 radical (unpaired) electrons. The van der Waals surface area contributed by atoms with E-state index in [1.165, 1.54) is 0 Å². The van der Waals surface area contributed by atoms with Crippen molar-refractivity contribution in [1.82, 2.24) is 10.3 Å². The van der Waals surface area contributed by atoms with E-state index < -0.39 is 0 Å². The van der Waals surface area contributed by atoms with Crippen molar-refractivity contribution in [2.75, 3.05) is 29.6 Å². The predicted octanol–water partition coefficient (Wildman–Crippen LogP) is 1.15. The minimum Gasteiger partial charge on any atom is -0.364 e. The average molecular weight is 191 g/mol. The highest BCUT2D eigenvalue weighted by Gasteiger charge is 2.06. The molecule has 1 aromatic heterocycles. The lowest BCUT2D eigenvalue weighted by atomic mass is 10.5. The molecule has 0 unspecified atom stereocenters. The first-order valence-electron chi connectivity index (χ1n) is 3.74. The van der Waals surface area contributed by atoms with Gasteiger partial charge >= 0.3 is 0 Å². The Kier molecular flexibility index (Phi) is 3.66. The van der Waals surface area contributed by atoms with Gasteiger partial charge in [-0.3, -0.25) is 0 Å². The molecule has 2 N–H and O–H groups in total. The number of nitrogens with one attached hydrogen (secondary N) is 2. The van der Waals surface area contributed by atoms with Gasteiger partial charge in [-0.15, -0.1) is 11.6 Å². The van der Waals surface area contributed by atoms with E-state index in [0.717, 1.165) is 6.54 Å². The molecule has 0 fully saturated rings. The number of rotatable bonds is 5. The Labute approximate surface area is 75.4 Å². The molecular formula is C6H11ClN4O. The van der Waals surface area contributed by atoms with Gasteiger partial charge in [0.15, 0.2) is 0 Å². The molecule has 0 spiro atoms. The van der Waals surface area contributed by atoms with Crippen LogP contribution in [0.25, 0.3) is 0 Å². The average Bonchev–Trinajstić information content (AvgIpc) is 2.50. The Balaban J connectivity index is 2.51. The first-order valence-corrected chi connectivity index (χ1v) is 4.28. The van der Waals surface area contributed by atoms with Crippen molar-refractivity contribution in [3.05, 3.63) is 0 Å². The fraction of sp³-hybridized carbons (Fsp3) is 0.667. The first-order chi connectivity index (χ1) is 5.88. The SMILES string of the molecule is CCNc1nonc1NCCCl. The standard InChI is InChI=1S/C6H11ClN4O/c1-2-8-5-6(9-4-3-7)11-12-10-5/h2-4H2,1H3,(H,8,10)(H,9,11). The zero-order chi connectivity index (χ0) is 8.81. The molecule has 0 aromatic carbocycles. The van der Waals surface area contributed by atoms with Gasteiger partial charge in [0.05, 0.1) is 0 Å². The Morgan fingerprint density at radius 2 is 2.00 bits per heavy atom. The highest BCUT2D eigenvalue weighted by atomic mass is 35.5. The second-order valence-corrected chi connectivity index (χ2v) is 2.49. The van der Waals surface area contributed by atoms with Crippen LogP contribution in [0.4, 0.5) is 11.6 Å². The zero-order valence-corrected chi connectivity index (χ0v) is 7.56. The molecule has 1 heterocycles. The molecule has 0 atom stereocenters. The van der Waals surface area contributed by atoms with Crippen LogP contribution in [0.5, 0.6) is 0 Å². The summed E-state index contributed by atoms with van der Waals surface area (Å²) in [6, 6.07) is 0. The minimum absolute atomic E-state index is 0.526. The maximum atomic E-state index is 5.49. The zero-order valence-electron chi connectivity index (χ0n) is 6.80. The van der Waals surface area contributed by atoms with Crippen molar-refractivity contribution in [1.29, 1.82) is 0 Å². The van der Waals surface area contributed by atoms with E-state index in [1.54, 1.807) is 0 Å². The van der Waals surface area contributed by atoms with Crippen LogP contribution in [0.1, 0.15) is 6.92 Å². The van der Waals surface area contributed by atoms with Crippen LogP contribution >= 0.6 is 11.6 Å². The maximum absolute atomic E-state index is 5.49. The normalized spacial score (nSPS) is 9.83. The quantitative estimate of drug-likeness (QED) is 0.683. The predicted molar refractivity (Wildman–Crippen MR) is 47.7 cm³/mol. The van der Waals surface area contributed by atoms with Gasteiger partial charge in [0.1, 0.15) is 0 Å². The summed E-state index contributed by atoms with van der Waals surface area (Å²) in [5, 5.41) is 13.3. The van der Waals surface area contributed by atoms with Gasteiger partial charge in [0, 0.05) is 19.0 Å². The number of aromatic nitrogens is 2. The van der Waals surface area contributed by atoms with Gasteiger partial charge in [-0.1, -0.05) is 0 Å². The summed E-state index contributed by atoms with van der Waals surface area (Å²) in [5.41, 5.74) is 0. The number of alkyl halides is 1. The van der Waals surface area contributed by atoms with Gasteiger partial charge in [0.25, 0.3) is 0 Å². The lowest BCUT2D eigenvalue weighted by Gasteiger charge is -2.00. The Bertz CT molecular complexity index is 227. The molecule has 68 valence electrons. The third-order valence-electron chi connectivity index (χ3n) is 1.22. The van der Waals surface area contributed by atoms with Crippen LogP contribution < -0.4 is 10.6 Å². The molecular weight excluding hydrogens is 180 g/mol. The van der Waals surface area contributed by atoms with E-state index >= 15 is 0 Å². The van der Waals surface area contributed by atoms with E-state index in [4.69, 9.17) is 11.6 Å². The summed E-state index contributed by atoms with van der Waals surface area (Å²) in [4.78, 5) is 0. The van der Waals surface area contributed by atoms with Gasteiger partial charge in [-0.2, -0.15) is 0 Å². The highest BCUT2D eigenvalue weighted by molar-refractivity contribution is 6.18. The van der Waals surface area contributed by atoms with E-state index in [-0.39, 0.29) is 0 Å². The van der Waals surface area contributed by atoms with Gasteiger partial charge in [-0.25, -0.2) is 4.63 Å². The van der Waals surface area contributed by atoms with Crippen molar-refractivity contribution in [3.8, 4) is 0 Å². The number of halogens is 1. The molecule has 0 bridgehead atoms. The summed E-state index contributed by atoms with van der Waals surface area (Å²) < 4.78 is 4.53.